The topological polar surface area (TPSA) is 55.0 Å². The minimum absolute atomic E-state index is 0.494. The smallest absolute Gasteiger partial charge is 0.137 e. The fourth-order valence-electron chi connectivity index (χ4n) is 2.23. The normalized spacial score (nSPS) is 25.0. The molecule has 0 bridgehead atoms. The number of rotatable bonds is 2. The van der Waals surface area contributed by atoms with E-state index in [1.54, 1.807) is 6.33 Å². The van der Waals surface area contributed by atoms with Crippen LogP contribution in [0.3, 0.4) is 0 Å². The molecule has 1 aliphatic heterocycles. The predicted molar refractivity (Wildman–Crippen MR) is 74.6 cm³/mol. The van der Waals surface area contributed by atoms with Gasteiger partial charge in [0.05, 0.1) is 0 Å². The third kappa shape index (κ3) is 2.34. The molecule has 1 aromatic heterocycles. The third-order valence-electron chi connectivity index (χ3n) is 3.47. The summed E-state index contributed by atoms with van der Waals surface area (Å²) >= 11 is 2.03. The van der Waals surface area contributed by atoms with Crippen LogP contribution in [0.15, 0.2) is 6.33 Å². The molecule has 1 aliphatic rings. The highest BCUT2D eigenvalue weighted by Crippen LogP contribution is 2.31. The van der Waals surface area contributed by atoms with Gasteiger partial charge in [-0.2, -0.15) is 11.8 Å². The van der Waals surface area contributed by atoms with E-state index in [0.717, 1.165) is 30.1 Å². The SMILES string of the molecule is CCc1c(N)ncnc1N1CCSC(C)C1C. The quantitative estimate of drug-likeness (QED) is 0.872. The van der Waals surface area contributed by atoms with Crippen LogP contribution in [0.5, 0.6) is 0 Å². The minimum Gasteiger partial charge on any atom is -0.383 e. The molecule has 2 N–H and O–H groups in total. The summed E-state index contributed by atoms with van der Waals surface area (Å²) in [4.78, 5) is 10.9. The van der Waals surface area contributed by atoms with Gasteiger partial charge in [0, 0.05) is 29.2 Å². The summed E-state index contributed by atoms with van der Waals surface area (Å²) in [6, 6.07) is 0.494. The fraction of sp³-hybridized carbons (Fsp3) is 0.667. The maximum absolute atomic E-state index is 5.94. The second-order valence-electron chi connectivity index (χ2n) is 4.42. The number of nitrogen functional groups attached to an aromatic ring is 1. The average molecular weight is 252 g/mol. The van der Waals surface area contributed by atoms with Crippen LogP contribution in [0.1, 0.15) is 26.3 Å². The summed E-state index contributed by atoms with van der Waals surface area (Å²) in [6.45, 7) is 7.68. The lowest BCUT2D eigenvalue weighted by Crippen LogP contribution is -2.45. The lowest BCUT2D eigenvalue weighted by atomic mass is 10.1. The molecule has 0 spiro atoms. The average Bonchev–Trinajstić information content (AvgIpc) is 2.32. The Morgan fingerprint density at radius 2 is 2.24 bits per heavy atom. The highest BCUT2D eigenvalue weighted by molar-refractivity contribution is 8.00. The summed E-state index contributed by atoms with van der Waals surface area (Å²) in [5.74, 6) is 2.80. The van der Waals surface area contributed by atoms with Crippen molar-refractivity contribution in [2.24, 2.45) is 0 Å². The molecular weight excluding hydrogens is 232 g/mol. The van der Waals surface area contributed by atoms with Gasteiger partial charge in [-0.3, -0.25) is 0 Å². The van der Waals surface area contributed by atoms with Crippen molar-refractivity contribution in [1.29, 1.82) is 0 Å². The van der Waals surface area contributed by atoms with Crippen molar-refractivity contribution in [3.8, 4) is 0 Å². The maximum Gasteiger partial charge on any atom is 0.137 e. The minimum atomic E-state index is 0.494. The standard InChI is InChI=1S/C12H20N4S/c1-4-10-11(13)14-7-15-12(10)16-5-6-17-9(3)8(16)2/h7-9H,4-6H2,1-3H3,(H2,13,14,15). The molecule has 0 amide bonds. The van der Waals surface area contributed by atoms with Crippen molar-refractivity contribution in [2.45, 2.75) is 38.5 Å². The number of anilines is 2. The summed E-state index contributed by atoms with van der Waals surface area (Å²) in [7, 11) is 0. The summed E-state index contributed by atoms with van der Waals surface area (Å²) in [5.41, 5.74) is 7.02. The zero-order chi connectivity index (χ0) is 12.4. The van der Waals surface area contributed by atoms with Crippen LogP contribution in [-0.4, -0.2) is 33.6 Å². The van der Waals surface area contributed by atoms with Crippen LogP contribution < -0.4 is 10.6 Å². The van der Waals surface area contributed by atoms with Gasteiger partial charge in [0.25, 0.3) is 0 Å². The number of aromatic nitrogens is 2. The van der Waals surface area contributed by atoms with Gasteiger partial charge in [-0.1, -0.05) is 13.8 Å². The highest BCUT2D eigenvalue weighted by Gasteiger charge is 2.28. The van der Waals surface area contributed by atoms with E-state index in [4.69, 9.17) is 5.73 Å². The maximum atomic E-state index is 5.94. The molecule has 2 atom stereocenters. The molecule has 2 heterocycles. The van der Waals surface area contributed by atoms with Gasteiger partial charge in [-0.15, -0.1) is 0 Å². The Morgan fingerprint density at radius 1 is 1.47 bits per heavy atom. The number of nitrogens with zero attached hydrogens (tertiary/aromatic N) is 3. The Kier molecular flexibility index (Phi) is 3.76. The molecule has 0 aromatic carbocycles. The molecule has 1 saturated heterocycles. The van der Waals surface area contributed by atoms with E-state index in [1.807, 2.05) is 11.8 Å². The first kappa shape index (κ1) is 12.5. The zero-order valence-corrected chi connectivity index (χ0v) is 11.5. The van der Waals surface area contributed by atoms with Crippen molar-refractivity contribution in [3.63, 3.8) is 0 Å². The molecule has 94 valence electrons. The second-order valence-corrected chi connectivity index (χ2v) is 5.91. The van der Waals surface area contributed by atoms with E-state index in [1.165, 1.54) is 0 Å². The Hall–Kier alpha value is -0.970. The van der Waals surface area contributed by atoms with Crippen molar-refractivity contribution >= 4 is 23.4 Å². The first-order valence-electron chi connectivity index (χ1n) is 6.12. The molecule has 4 nitrogen and oxygen atoms in total. The van der Waals surface area contributed by atoms with Gasteiger partial charge in [0.1, 0.15) is 18.0 Å². The molecule has 0 saturated carbocycles. The van der Waals surface area contributed by atoms with E-state index >= 15 is 0 Å². The van der Waals surface area contributed by atoms with E-state index < -0.39 is 0 Å². The van der Waals surface area contributed by atoms with Crippen LogP contribution in [0.2, 0.25) is 0 Å². The molecule has 17 heavy (non-hydrogen) atoms. The Labute approximate surface area is 107 Å². The molecule has 0 radical (unpaired) electrons. The van der Waals surface area contributed by atoms with E-state index in [-0.39, 0.29) is 0 Å². The van der Waals surface area contributed by atoms with Crippen LogP contribution in [0.25, 0.3) is 0 Å². The van der Waals surface area contributed by atoms with Crippen molar-refractivity contribution < 1.29 is 0 Å². The lowest BCUT2D eigenvalue weighted by molar-refractivity contribution is 0.617. The third-order valence-corrected chi connectivity index (χ3v) is 4.80. The molecule has 1 aromatic rings. The lowest BCUT2D eigenvalue weighted by Gasteiger charge is -2.39. The molecule has 0 aliphatic carbocycles. The first-order chi connectivity index (χ1) is 8.15. The van der Waals surface area contributed by atoms with Crippen LogP contribution in [-0.2, 0) is 6.42 Å². The molecule has 5 heteroatoms. The largest absolute Gasteiger partial charge is 0.383 e. The van der Waals surface area contributed by atoms with Crippen molar-refractivity contribution in [3.05, 3.63) is 11.9 Å². The highest BCUT2D eigenvalue weighted by atomic mass is 32.2. The number of hydrogen-bond acceptors (Lipinski definition) is 5. The molecular formula is C12H20N4S. The number of hydrogen-bond donors (Lipinski definition) is 1. The van der Waals surface area contributed by atoms with E-state index in [9.17, 15) is 0 Å². The Bertz CT molecular complexity index is 396. The summed E-state index contributed by atoms with van der Waals surface area (Å²) in [5, 5.41) is 0.629. The predicted octanol–water partition coefficient (Wildman–Crippen LogP) is 1.95. The van der Waals surface area contributed by atoms with Crippen LogP contribution in [0.4, 0.5) is 11.6 Å². The first-order valence-corrected chi connectivity index (χ1v) is 7.17. The fourth-order valence-corrected chi connectivity index (χ4v) is 3.33. The Morgan fingerprint density at radius 3 is 2.94 bits per heavy atom. The van der Waals surface area contributed by atoms with Gasteiger partial charge in [-0.05, 0) is 13.3 Å². The molecule has 1 fully saturated rings. The van der Waals surface area contributed by atoms with Gasteiger partial charge < -0.3 is 10.6 Å². The van der Waals surface area contributed by atoms with Gasteiger partial charge in [-0.25, -0.2) is 9.97 Å². The van der Waals surface area contributed by atoms with E-state index in [0.29, 0.717) is 17.1 Å². The van der Waals surface area contributed by atoms with Gasteiger partial charge >= 0.3 is 0 Å². The second kappa shape index (κ2) is 5.12. The van der Waals surface area contributed by atoms with Crippen molar-refractivity contribution in [1.82, 2.24) is 9.97 Å². The summed E-state index contributed by atoms with van der Waals surface area (Å²) < 4.78 is 0. The number of nitrogens with two attached hydrogens (primary N) is 1. The Balaban J connectivity index is 2.35. The van der Waals surface area contributed by atoms with Crippen molar-refractivity contribution in [2.75, 3.05) is 22.9 Å². The van der Waals surface area contributed by atoms with Crippen LogP contribution >= 0.6 is 11.8 Å². The zero-order valence-electron chi connectivity index (χ0n) is 10.7. The monoisotopic (exact) mass is 252 g/mol. The molecule has 2 rings (SSSR count). The van der Waals surface area contributed by atoms with Gasteiger partial charge in [0.2, 0.25) is 0 Å². The number of thioether (sulfide) groups is 1. The van der Waals surface area contributed by atoms with E-state index in [2.05, 4.69) is 35.6 Å². The summed E-state index contributed by atoms with van der Waals surface area (Å²) in [6.07, 6.45) is 2.45. The molecule has 2 unspecified atom stereocenters. The van der Waals surface area contributed by atoms with Crippen LogP contribution in [0, 0.1) is 0 Å². The van der Waals surface area contributed by atoms with Gasteiger partial charge in [0.15, 0.2) is 0 Å².